The van der Waals surface area contributed by atoms with Crippen LogP contribution in [0.1, 0.15) is 40.4 Å². The summed E-state index contributed by atoms with van der Waals surface area (Å²) in [6.45, 7) is 0. The molecule has 0 spiro atoms. The lowest BCUT2D eigenvalue weighted by Gasteiger charge is -2.09. The predicted molar refractivity (Wildman–Crippen MR) is 73.0 cm³/mol. The molecule has 4 heteroatoms. The highest BCUT2D eigenvalue weighted by Crippen LogP contribution is 2.32. The van der Waals surface area contributed by atoms with Gasteiger partial charge in [-0.15, -0.1) is 11.3 Å². The Morgan fingerprint density at radius 2 is 2.17 bits per heavy atom. The number of ketones is 1. The van der Waals surface area contributed by atoms with Crippen molar-refractivity contribution in [1.29, 1.82) is 0 Å². The standard InChI is InChI=1S/C14H14N2OS/c15-14-16-12(8-18-14)10-6-5-9-3-1-2-4-11(9)13(17)7-10/h1-4,8,10H,5-7H2,(H2,15,16). The Bertz CT molecular complexity index is 591. The molecule has 0 aliphatic heterocycles. The molecule has 18 heavy (non-hydrogen) atoms. The first kappa shape index (κ1) is 11.4. The summed E-state index contributed by atoms with van der Waals surface area (Å²) in [6, 6.07) is 7.89. The maximum absolute atomic E-state index is 12.2. The SMILES string of the molecule is Nc1nc(C2CCc3ccccc3C(=O)C2)cs1. The van der Waals surface area contributed by atoms with Crippen LogP contribution in [0.2, 0.25) is 0 Å². The second-order valence-corrected chi connectivity index (χ2v) is 5.52. The highest BCUT2D eigenvalue weighted by atomic mass is 32.1. The van der Waals surface area contributed by atoms with Gasteiger partial charge in [0.25, 0.3) is 0 Å². The molecule has 0 saturated carbocycles. The summed E-state index contributed by atoms with van der Waals surface area (Å²) in [6.07, 6.45) is 2.44. The van der Waals surface area contributed by atoms with E-state index in [1.54, 1.807) is 0 Å². The third-order valence-electron chi connectivity index (χ3n) is 3.47. The molecule has 3 rings (SSSR count). The summed E-state index contributed by atoms with van der Waals surface area (Å²) in [5, 5.41) is 2.56. The Morgan fingerprint density at radius 1 is 1.33 bits per heavy atom. The number of carbonyl (C=O) groups excluding carboxylic acids is 1. The zero-order chi connectivity index (χ0) is 12.5. The first-order valence-electron chi connectivity index (χ1n) is 6.06. The van der Waals surface area contributed by atoms with Crippen LogP contribution in [-0.4, -0.2) is 10.8 Å². The van der Waals surface area contributed by atoms with Crippen molar-refractivity contribution in [2.24, 2.45) is 0 Å². The Morgan fingerprint density at radius 3 is 2.94 bits per heavy atom. The molecule has 0 radical (unpaired) electrons. The van der Waals surface area contributed by atoms with Crippen LogP contribution in [0.15, 0.2) is 29.6 Å². The number of hydrogen-bond donors (Lipinski definition) is 1. The van der Waals surface area contributed by atoms with Gasteiger partial charge in [0.15, 0.2) is 10.9 Å². The van der Waals surface area contributed by atoms with Crippen LogP contribution in [0.25, 0.3) is 0 Å². The molecule has 1 heterocycles. The highest BCUT2D eigenvalue weighted by Gasteiger charge is 2.24. The van der Waals surface area contributed by atoms with E-state index >= 15 is 0 Å². The molecule has 2 aromatic rings. The van der Waals surface area contributed by atoms with Crippen molar-refractivity contribution >= 4 is 22.3 Å². The molecule has 1 aliphatic rings. The Balaban J connectivity index is 1.91. The number of rotatable bonds is 1. The predicted octanol–water partition coefficient (Wildman–Crippen LogP) is 3.03. The lowest BCUT2D eigenvalue weighted by Crippen LogP contribution is -2.05. The van der Waals surface area contributed by atoms with E-state index in [2.05, 4.69) is 4.98 Å². The second kappa shape index (κ2) is 4.53. The lowest BCUT2D eigenvalue weighted by atomic mass is 9.96. The van der Waals surface area contributed by atoms with E-state index in [9.17, 15) is 4.79 Å². The Hall–Kier alpha value is -1.68. The molecule has 2 N–H and O–H groups in total. The average molecular weight is 258 g/mol. The van der Waals surface area contributed by atoms with Crippen LogP contribution in [0, 0.1) is 0 Å². The number of nitrogen functional groups attached to an aromatic ring is 1. The maximum Gasteiger partial charge on any atom is 0.180 e. The van der Waals surface area contributed by atoms with Gasteiger partial charge in [-0.3, -0.25) is 4.79 Å². The Labute approximate surface area is 110 Å². The average Bonchev–Trinajstić information content (AvgIpc) is 2.73. The number of nitrogens with zero attached hydrogens (tertiary/aromatic N) is 1. The topological polar surface area (TPSA) is 56.0 Å². The van der Waals surface area contributed by atoms with Crippen LogP contribution in [0.4, 0.5) is 5.13 Å². The minimum atomic E-state index is 0.207. The molecule has 92 valence electrons. The number of fused-ring (bicyclic) bond motifs is 1. The van der Waals surface area contributed by atoms with Gasteiger partial charge in [-0.2, -0.15) is 0 Å². The number of aromatic nitrogens is 1. The summed E-state index contributed by atoms with van der Waals surface area (Å²) < 4.78 is 0. The van der Waals surface area contributed by atoms with Crippen molar-refractivity contribution in [3.8, 4) is 0 Å². The zero-order valence-corrected chi connectivity index (χ0v) is 10.7. The number of carbonyl (C=O) groups is 1. The van der Waals surface area contributed by atoms with E-state index in [4.69, 9.17) is 5.73 Å². The quantitative estimate of drug-likeness (QED) is 0.800. The highest BCUT2D eigenvalue weighted by molar-refractivity contribution is 7.13. The van der Waals surface area contributed by atoms with Gasteiger partial charge >= 0.3 is 0 Å². The number of Topliss-reactive ketones (excluding diaryl/α,β-unsaturated/α-hetero) is 1. The third kappa shape index (κ3) is 2.04. The van der Waals surface area contributed by atoms with Gasteiger partial charge in [0, 0.05) is 23.3 Å². The molecule has 0 amide bonds. The van der Waals surface area contributed by atoms with Crippen LogP contribution in [-0.2, 0) is 6.42 Å². The first-order chi connectivity index (χ1) is 8.74. The smallest absolute Gasteiger partial charge is 0.180 e. The summed E-state index contributed by atoms with van der Waals surface area (Å²) in [7, 11) is 0. The fraction of sp³-hybridized carbons (Fsp3) is 0.286. The number of aryl methyl sites for hydroxylation is 1. The van der Waals surface area contributed by atoms with Gasteiger partial charge < -0.3 is 5.73 Å². The molecular formula is C14H14N2OS. The number of nitrogens with two attached hydrogens (primary N) is 1. The fourth-order valence-electron chi connectivity index (χ4n) is 2.52. The summed E-state index contributed by atoms with van der Waals surface area (Å²) >= 11 is 1.45. The molecule has 1 aromatic heterocycles. The van der Waals surface area contributed by atoms with Crippen molar-refractivity contribution in [3.63, 3.8) is 0 Å². The third-order valence-corrected chi connectivity index (χ3v) is 4.16. The van der Waals surface area contributed by atoms with Crippen molar-refractivity contribution in [1.82, 2.24) is 4.98 Å². The molecule has 1 aromatic carbocycles. The van der Waals surface area contributed by atoms with E-state index in [-0.39, 0.29) is 11.7 Å². The monoisotopic (exact) mass is 258 g/mol. The van der Waals surface area contributed by atoms with Gasteiger partial charge in [0.05, 0.1) is 5.69 Å². The maximum atomic E-state index is 12.2. The lowest BCUT2D eigenvalue weighted by molar-refractivity contribution is 0.0975. The molecule has 1 atom stereocenters. The van der Waals surface area contributed by atoms with Crippen LogP contribution in [0.5, 0.6) is 0 Å². The van der Waals surface area contributed by atoms with Crippen LogP contribution in [0.3, 0.4) is 0 Å². The molecule has 0 bridgehead atoms. The van der Waals surface area contributed by atoms with Crippen LogP contribution < -0.4 is 5.73 Å². The minimum Gasteiger partial charge on any atom is -0.375 e. The van der Waals surface area contributed by atoms with Gasteiger partial charge in [0.2, 0.25) is 0 Å². The van der Waals surface area contributed by atoms with Crippen molar-refractivity contribution < 1.29 is 4.79 Å². The van der Waals surface area contributed by atoms with E-state index in [1.165, 1.54) is 11.3 Å². The molecule has 3 nitrogen and oxygen atoms in total. The number of benzene rings is 1. The molecule has 1 unspecified atom stereocenters. The number of hydrogen-bond acceptors (Lipinski definition) is 4. The Kier molecular flexibility index (Phi) is 2.88. The summed E-state index contributed by atoms with van der Waals surface area (Å²) in [5.41, 5.74) is 8.67. The van der Waals surface area contributed by atoms with Gasteiger partial charge in [-0.05, 0) is 18.4 Å². The fourth-order valence-corrected chi connectivity index (χ4v) is 3.16. The van der Waals surface area contributed by atoms with Gasteiger partial charge in [-0.25, -0.2) is 4.98 Å². The molecular weight excluding hydrogens is 244 g/mol. The molecule has 0 fully saturated rings. The first-order valence-corrected chi connectivity index (χ1v) is 6.94. The largest absolute Gasteiger partial charge is 0.375 e. The van der Waals surface area contributed by atoms with Gasteiger partial charge in [-0.1, -0.05) is 24.3 Å². The molecule has 0 saturated heterocycles. The van der Waals surface area contributed by atoms with E-state index in [0.717, 1.165) is 29.7 Å². The van der Waals surface area contributed by atoms with E-state index in [1.807, 2.05) is 29.6 Å². The normalized spacial score (nSPS) is 19.3. The van der Waals surface area contributed by atoms with Crippen molar-refractivity contribution in [2.75, 3.05) is 5.73 Å². The minimum absolute atomic E-state index is 0.207. The van der Waals surface area contributed by atoms with Crippen molar-refractivity contribution in [2.45, 2.75) is 25.2 Å². The summed E-state index contributed by atoms with van der Waals surface area (Å²) in [4.78, 5) is 16.6. The van der Waals surface area contributed by atoms with E-state index < -0.39 is 0 Å². The van der Waals surface area contributed by atoms with E-state index in [0.29, 0.717) is 11.6 Å². The van der Waals surface area contributed by atoms with Gasteiger partial charge in [0.1, 0.15) is 0 Å². The van der Waals surface area contributed by atoms with Crippen LogP contribution >= 0.6 is 11.3 Å². The van der Waals surface area contributed by atoms with Crippen molar-refractivity contribution in [3.05, 3.63) is 46.5 Å². The number of anilines is 1. The zero-order valence-electron chi connectivity index (χ0n) is 9.93. The molecule has 1 aliphatic carbocycles. The summed E-state index contributed by atoms with van der Waals surface area (Å²) in [5.74, 6) is 0.429. The second-order valence-electron chi connectivity index (χ2n) is 4.63. The number of thiazole rings is 1.